The predicted molar refractivity (Wildman–Crippen MR) is 61.6 cm³/mol. The molecule has 2 aliphatic heterocycles. The van der Waals surface area contributed by atoms with E-state index in [4.69, 9.17) is 4.84 Å². The van der Waals surface area contributed by atoms with Gasteiger partial charge >= 0.3 is 6.09 Å². The van der Waals surface area contributed by atoms with Crippen molar-refractivity contribution in [2.24, 2.45) is 0 Å². The number of amides is 1. The molecule has 0 aliphatic carbocycles. The third-order valence-corrected chi connectivity index (χ3v) is 3.69. The van der Waals surface area contributed by atoms with Gasteiger partial charge < -0.3 is 4.84 Å². The first-order chi connectivity index (χ1) is 7.74. The van der Waals surface area contributed by atoms with E-state index in [1.54, 1.807) is 4.90 Å². The number of nitrogens with zero attached hydrogens (tertiary/aromatic N) is 1. The highest BCUT2D eigenvalue weighted by molar-refractivity contribution is 9.10. The van der Waals surface area contributed by atoms with E-state index in [9.17, 15) is 4.79 Å². The van der Waals surface area contributed by atoms with E-state index in [1.807, 2.05) is 12.1 Å². The van der Waals surface area contributed by atoms with E-state index in [-0.39, 0.29) is 12.3 Å². The van der Waals surface area contributed by atoms with Gasteiger partial charge in [0.25, 0.3) is 0 Å². The molecule has 2 aliphatic rings. The van der Waals surface area contributed by atoms with Crippen molar-refractivity contribution >= 4 is 22.0 Å². The summed E-state index contributed by atoms with van der Waals surface area (Å²) in [6.45, 7) is 0.734. The Morgan fingerprint density at radius 3 is 2.81 bits per heavy atom. The van der Waals surface area contributed by atoms with Crippen LogP contribution in [-0.2, 0) is 4.84 Å². The van der Waals surface area contributed by atoms with Crippen LogP contribution < -0.4 is 5.48 Å². The van der Waals surface area contributed by atoms with Gasteiger partial charge in [-0.25, -0.2) is 4.79 Å². The lowest BCUT2D eigenvalue weighted by Gasteiger charge is -2.11. The lowest BCUT2D eigenvalue weighted by Crippen LogP contribution is -2.30. The van der Waals surface area contributed by atoms with Crippen LogP contribution in [0.25, 0.3) is 0 Å². The summed E-state index contributed by atoms with van der Waals surface area (Å²) in [5, 5.41) is 0. The number of carbonyl (C=O) groups is 1. The minimum absolute atomic E-state index is 0.0427. The second-order valence-corrected chi connectivity index (χ2v) is 5.05. The number of fused-ring (bicyclic) bond motifs is 1. The van der Waals surface area contributed by atoms with Crippen molar-refractivity contribution in [2.45, 2.75) is 18.5 Å². The Labute approximate surface area is 102 Å². The summed E-state index contributed by atoms with van der Waals surface area (Å²) in [5.74, 6) is 0.401. The fourth-order valence-corrected chi connectivity index (χ4v) is 2.57. The number of benzene rings is 1. The van der Waals surface area contributed by atoms with Crippen LogP contribution in [0, 0.1) is 0 Å². The molecule has 0 radical (unpaired) electrons. The quantitative estimate of drug-likeness (QED) is 0.859. The summed E-state index contributed by atoms with van der Waals surface area (Å²) in [5.41, 5.74) is 4.02. The van der Waals surface area contributed by atoms with Gasteiger partial charge in [-0.2, -0.15) is 0 Å². The molecule has 1 aromatic carbocycles. The van der Waals surface area contributed by atoms with Crippen molar-refractivity contribution in [3.05, 3.63) is 34.3 Å². The molecule has 2 saturated heterocycles. The van der Waals surface area contributed by atoms with E-state index < -0.39 is 0 Å². The second-order valence-electron chi connectivity index (χ2n) is 4.14. The second kappa shape index (κ2) is 3.75. The van der Waals surface area contributed by atoms with Crippen molar-refractivity contribution in [3.63, 3.8) is 0 Å². The average Bonchev–Trinajstić information content (AvgIpc) is 2.83. The molecule has 1 aromatic rings. The number of hydrogen-bond donors (Lipinski definition) is 1. The maximum absolute atomic E-state index is 11.3. The third kappa shape index (κ3) is 1.60. The van der Waals surface area contributed by atoms with Crippen LogP contribution in [0.1, 0.15) is 17.9 Å². The number of halogens is 1. The molecule has 1 amide bonds. The molecule has 0 saturated carbocycles. The highest BCUT2D eigenvalue weighted by atomic mass is 79.9. The Morgan fingerprint density at radius 2 is 2.12 bits per heavy atom. The van der Waals surface area contributed by atoms with E-state index >= 15 is 0 Å². The number of hydrogen-bond acceptors (Lipinski definition) is 3. The van der Waals surface area contributed by atoms with E-state index in [0.29, 0.717) is 5.92 Å². The van der Waals surface area contributed by atoms with Gasteiger partial charge in [-0.3, -0.25) is 4.90 Å². The normalized spacial score (nSPS) is 28.1. The molecule has 84 valence electrons. The maximum Gasteiger partial charge on any atom is 0.430 e. The fraction of sp³-hybridized carbons (Fsp3) is 0.364. The Balaban J connectivity index is 1.79. The van der Waals surface area contributed by atoms with Crippen LogP contribution in [-0.4, -0.2) is 23.7 Å². The highest BCUT2D eigenvalue weighted by Crippen LogP contribution is 2.33. The van der Waals surface area contributed by atoms with Gasteiger partial charge in [-0.15, -0.1) is 5.48 Å². The lowest BCUT2D eigenvalue weighted by atomic mass is 9.98. The third-order valence-electron chi connectivity index (χ3n) is 3.16. The van der Waals surface area contributed by atoms with E-state index in [1.165, 1.54) is 5.56 Å². The minimum atomic E-state index is -0.260. The zero-order valence-corrected chi connectivity index (χ0v) is 10.1. The topological polar surface area (TPSA) is 41.6 Å². The standard InChI is InChI=1S/C11H11BrN2O2/c12-9-3-1-7(2-4-9)8-5-10-13-16-11(15)14(10)6-8/h1-4,8,10,13H,5-6H2. The molecule has 2 unspecified atom stereocenters. The van der Waals surface area contributed by atoms with Crippen LogP contribution in [0.3, 0.4) is 0 Å². The van der Waals surface area contributed by atoms with Gasteiger partial charge in [0.15, 0.2) is 0 Å². The number of carbonyl (C=O) groups excluding carboxylic acids is 1. The molecule has 2 fully saturated rings. The first kappa shape index (κ1) is 10.1. The molecular formula is C11H11BrN2O2. The van der Waals surface area contributed by atoms with Crippen molar-refractivity contribution in [3.8, 4) is 0 Å². The monoisotopic (exact) mass is 282 g/mol. The molecule has 16 heavy (non-hydrogen) atoms. The number of rotatable bonds is 1. The average molecular weight is 283 g/mol. The number of nitrogens with one attached hydrogen (secondary N) is 1. The highest BCUT2D eigenvalue weighted by Gasteiger charge is 2.41. The molecular weight excluding hydrogens is 272 g/mol. The Bertz CT molecular complexity index is 420. The summed E-state index contributed by atoms with van der Waals surface area (Å²) in [4.78, 5) is 17.8. The van der Waals surface area contributed by atoms with Gasteiger partial charge in [0.1, 0.15) is 6.17 Å². The van der Waals surface area contributed by atoms with Crippen LogP contribution in [0.5, 0.6) is 0 Å². The molecule has 3 rings (SSSR count). The first-order valence-corrected chi connectivity index (χ1v) is 6.02. The maximum atomic E-state index is 11.3. The van der Waals surface area contributed by atoms with E-state index in [0.717, 1.165) is 17.4 Å². The summed E-state index contributed by atoms with van der Waals surface area (Å²) in [7, 11) is 0. The van der Waals surface area contributed by atoms with Crippen LogP contribution in [0.4, 0.5) is 4.79 Å². The van der Waals surface area contributed by atoms with Gasteiger partial charge in [0, 0.05) is 16.9 Å². The van der Waals surface area contributed by atoms with Crippen molar-refractivity contribution in [1.29, 1.82) is 0 Å². The largest absolute Gasteiger partial charge is 0.430 e. The summed E-state index contributed by atoms with van der Waals surface area (Å²) >= 11 is 3.42. The number of hydroxylamine groups is 1. The Hall–Kier alpha value is -1.07. The van der Waals surface area contributed by atoms with Crippen LogP contribution in [0.2, 0.25) is 0 Å². The lowest BCUT2D eigenvalue weighted by molar-refractivity contribution is 0.116. The van der Waals surface area contributed by atoms with Gasteiger partial charge in [-0.1, -0.05) is 28.1 Å². The minimum Gasteiger partial charge on any atom is -0.352 e. The van der Waals surface area contributed by atoms with Crippen LogP contribution in [0.15, 0.2) is 28.7 Å². The van der Waals surface area contributed by atoms with Crippen LogP contribution >= 0.6 is 15.9 Å². The zero-order chi connectivity index (χ0) is 11.1. The Kier molecular flexibility index (Phi) is 2.37. The molecule has 0 aromatic heterocycles. The van der Waals surface area contributed by atoms with Gasteiger partial charge in [-0.05, 0) is 24.1 Å². The molecule has 0 bridgehead atoms. The summed E-state index contributed by atoms with van der Waals surface area (Å²) in [6.07, 6.45) is 0.693. The first-order valence-electron chi connectivity index (χ1n) is 5.22. The summed E-state index contributed by atoms with van der Waals surface area (Å²) < 4.78 is 1.08. The Morgan fingerprint density at radius 1 is 1.38 bits per heavy atom. The van der Waals surface area contributed by atoms with Gasteiger partial charge in [0.2, 0.25) is 0 Å². The molecule has 5 heteroatoms. The van der Waals surface area contributed by atoms with E-state index in [2.05, 4.69) is 33.5 Å². The van der Waals surface area contributed by atoms with Crippen molar-refractivity contribution in [2.75, 3.05) is 6.54 Å². The predicted octanol–water partition coefficient (Wildman–Crippen LogP) is 2.22. The van der Waals surface area contributed by atoms with Crippen molar-refractivity contribution in [1.82, 2.24) is 10.4 Å². The molecule has 2 heterocycles. The fourth-order valence-electron chi connectivity index (χ4n) is 2.30. The SMILES string of the molecule is O=C1ONC2CC(c3ccc(Br)cc3)CN12. The summed E-state index contributed by atoms with van der Waals surface area (Å²) in [6, 6.07) is 8.26. The molecule has 2 atom stereocenters. The molecule has 4 nitrogen and oxygen atoms in total. The van der Waals surface area contributed by atoms with Gasteiger partial charge in [0.05, 0.1) is 0 Å². The van der Waals surface area contributed by atoms with Crippen molar-refractivity contribution < 1.29 is 9.63 Å². The smallest absolute Gasteiger partial charge is 0.352 e. The molecule has 0 spiro atoms. The zero-order valence-electron chi connectivity index (χ0n) is 8.52. The molecule has 1 N–H and O–H groups in total.